The third-order valence-electron chi connectivity index (χ3n) is 3.00. The molecule has 1 aliphatic rings. The number of nitrogens with one attached hydrogen (secondary N) is 1. The van der Waals surface area contributed by atoms with Crippen LogP contribution in [0.1, 0.15) is 36.5 Å². The summed E-state index contributed by atoms with van der Waals surface area (Å²) in [5, 5.41) is 12.4. The lowest BCUT2D eigenvalue weighted by atomic mass is 10.1. The number of benzene rings is 1. The van der Waals surface area contributed by atoms with Crippen molar-refractivity contribution in [2.45, 2.75) is 32.2 Å². The van der Waals surface area contributed by atoms with Gasteiger partial charge in [-0.1, -0.05) is 28.8 Å². The maximum atomic E-state index is 11.1. The molecule has 1 aromatic carbocycles. The number of carboxylic acids is 1. The standard InChI is InChI=1S/C13H16BrNO2/c1-8(6-9-2-3-9)15-12-5-4-10(14)7-11(12)13(16)17/h4-5,7-9,15H,2-3,6H2,1H3,(H,16,17). The van der Waals surface area contributed by atoms with Gasteiger partial charge in [0.2, 0.25) is 0 Å². The number of rotatable bonds is 5. The van der Waals surface area contributed by atoms with Crippen molar-refractivity contribution in [1.29, 1.82) is 0 Å². The van der Waals surface area contributed by atoms with Crippen molar-refractivity contribution in [2.24, 2.45) is 5.92 Å². The fourth-order valence-electron chi connectivity index (χ4n) is 2.00. The Kier molecular flexibility index (Phi) is 3.72. The van der Waals surface area contributed by atoms with Crippen molar-refractivity contribution in [2.75, 3.05) is 5.32 Å². The molecule has 0 amide bonds. The molecule has 0 heterocycles. The molecule has 0 radical (unpaired) electrons. The molecule has 4 heteroatoms. The number of halogens is 1. The number of hydrogen-bond acceptors (Lipinski definition) is 2. The highest BCUT2D eigenvalue weighted by Gasteiger charge is 2.24. The van der Waals surface area contributed by atoms with Gasteiger partial charge >= 0.3 is 5.97 Å². The molecular weight excluding hydrogens is 282 g/mol. The summed E-state index contributed by atoms with van der Waals surface area (Å²) in [6, 6.07) is 5.63. The molecule has 1 atom stereocenters. The molecule has 0 bridgehead atoms. The van der Waals surface area contributed by atoms with Crippen molar-refractivity contribution in [1.82, 2.24) is 0 Å². The van der Waals surface area contributed by atoms with Crippen LogP contribution in [0.3, 0.4) is 0 Å². The Hall–Kier alpha value is -1.03. The average Bonchev–Trinajstić information content (AvgIpc) is 3.04. The minimum absolute atomic E-state index is 0.321. The number of carbonyl (C=O) groups is 1. The molecule has 1 aliphatic carbocycles. The second kappa shape index (κ2) is 5.08. The van der Waals surface area contributed by atoms with Crippen LogP contribution in [-0.2, 0) is 0 Å². The van der Waals surface area contributed by atoms with Crippen LogP contribution in [0.2, 0.25) is 0 Å². The van der Waals surface area contributed by atoms with Gasteiger partial charge in [-0.3, -0.25) is 0 Å². The summed E-state index contributed by atoms with van der Waals surface area (Å²) in [6.45, 7) is 2.10. The molecule has 1 aromatic rings. The fraction of sp³-hybridized carbons (Fsp3) is 0.462. The Morgan fingerprint density at radius 2 is 2.29 bits per heavy atom. The van der Waals surface area contributed by atoms with E-state index >= 15 is 0 Å². The van der Waals surface area contributed by atoms with E-state index in [0.29, 0.717) is 17.3 Å². The first-order valence-corrected chi connectivity index (χ1v) is 6.65. The Morgan fingerprint density at radius 3 is 2.88 bits per heavy atom. The first kappa shape index (κ1) is 12.4. The number of hydrogen-bond donors (Lipinski definition) is 2. The van der Waals surface area contributed by atoms with Gasteiger partial charge in [-0.2, -0.15) is 0 Å². The van der Waals surface area contributed by atoms with Gasteiger partial charge in [-0.15, -0.1) is 0 Å². The second-order valence-electron chi connectivity index (χ2n) is 4.72. The molecule has 3 nitrogen and oxygen atoms in total. The van der Waals surface area contributed by atoms with E-state index in [0.717, 1.165) is 16.8 Å². The summed E-state index contributed by atoms with van der Waals surface area (Å²) >= 11 is 3.29. The van der Waals surface area contributed by atoms with Crippen LogP contribution in [0.15, 0.2) is 22.7 Å². The lowest BCUT2D eigenvalue weighted by molar-refractivity contribution is 0.0698. The Bertz CT molecular complexity index is 429. The molecule has 1 fully saturated rings. The number of anilines is 1. The lowest BCUT2D eigenvalue weighted by Gasteiger charge is -2.16. The summed E-state index contributed by atoms with van der Waals surface area (Å²) in [5.74, 6) is -0.0614. The van der Waals surface area contributed by atoms with Crippen LogP contribution in [0.25, 0.3) is 0 Å². The van der Waals surface area contributed by atoms with Gasteiger partial charge in [0.25, 0.3) is 0 Å². The Morgan fingerprint density at radius 1 is 1.59 bits per heavy atom. The van der Waals surface area contributed by atoms with Gasteiger partial charge in [0.15, 0.2) is 0 Å². The van der Waals surface area contributed by atoms with E-state index < -0.39 is 5.97 Å². The number of carboxylic acid groups (broad SMARTS) is 1. The molecule has 2 rings (SSSR count). The molecule has 1 unspecified atom stereocenters. The molecule has 0 aromatic heterocycles. The zero-order chi connectivity index (χ0) is 12.4. The normalized spacial score (nSPS) is 16.6. The van der Waals surface area contributed by atoms with Crippen LogP contribution in [0.4, 0.5) is 5.69 Å². The fourth-order valence-corrected chi connectivity index (χ4v) is 2.36. The SMILES string of the molecule is CC(CC1CC1)Nc1ccc(Br)cc1C(=O)O. The molecule has 0 aliphatic heterocycles. The van der Waals surface area contributed by atoms with Crippen molar-refractivity contribution >= 4 is 27.6 Å². The van der Waals surface area contributed by atoms with Crippen molar-refractivity contribution in [3.63, 3.8) is 0 Å². The quantitative estimate of drug-likeness (QED) is 0.870. The molecule has 17 heavy (non-hydrogen) atoms. The third kappa shape index (κ3) is 3.46. The minimum atomic E-state index is -0.896. The maximum Gasteiger partial charge on any atom is 0.337 e. The van der Waals surface area contributed by atoms with E-state index in [-0.39, 0.29) is 0 Å². The largest absolute Gasteiger partial charge is 0.478 e. The van der Waals surface area contributed by atoms with E-state index in [1.165, 1.54) is 12.8 Å². The van der Waals surface area contributed by atoms with Crippen molar-refractivity contribution in [3.05, 3.63) is 28.2 Å². The monoisotopic (exact) mass is 297 g/mol. The predicted molar refractivity (Wildman–Crippen MR) is 71.5 cm³/mol. The van der Waals surface area contributed by atoms with Gasteiger partial charge in [-0.25, -0.2) is 4.79 Å². The average molecular weight is 298 g/mol. The zero-order valence-electron chi connectivity index (χ0n) is 9.74. The highest BCUT2D eigenvalue weighted by molar-refractivity contribution is 9.10. The van der Waals surface area contributed by atoms with Crippen molar-refractivity contribution < 1.29 is 9.90 Å². The highest BCUT2D eigenvalue weighted by Crippen LogP contribution is 2.34. The predicted octanol–water partition coefficient (Wildman–Crippen LogP) is 3.75. The summed E-state index contributed by atoms with van der Waals surface area (Å²) in [4.78, 5) is 11.1. The first-order chi connectivity index (χ1) is 8.06. The molecule has 0 saturated heterocycles. The summed E-state index contributed by atoms with van der Waals surface area (Å²) in [6.07, 6.45) is 3.76. The Labute approximate surface area is 109 Å². The van der Waals surface area contributed by atoms with E-state index in [9.17, 15) is 4.79 Å². The molecule has 1 saturated carbocycles. The van der Waals surface area contributed by atoms with Crippen molar-refractivity contribution in [3.8, 4) is 0 Å². The third-order valence-corrected chi connectivity index (χ3v) is 3.49. The first-order valence-electron chi connectivity index (χ1n) is 5.85. The van der Waals surface area contributed by atoms with Gasteiger partial charge < -0.3 is 10.4 Å². The lowest BCUT2D eigenvalue weighted by Crippen LogP contribution is -2.18. The summed E-state index contributed by atoms with van der Waals surface area (Å²) in [5.41, 5.74) is 1.02. The van der Waals surface area contributed by atoms with Crippen LogP contribution in [-0.4, -0.2) is 17.1 Å². The smallest absolute Gasteiger partial charge is 0.337 e. The molecule has 2 N–H and O–H groups in total. The maximum absolute atomic E-state index is 11.1. The molecular formula is C13H16BrNO2. The van der Waals surface area contributed by atoms with Gasteiger partial charge in [0.1, 0.15) is 0 Å². The van der Waals surface area contributed by atoms with Crippen LogP contribution in [0, 0.1) is 5.92 Å². The van der Waals surface area contributed by atoms with E-state index in [1.807, 2.05) is 12.1 Å². The van der Waals surface area contributed by atoms with Gasteiger partial charge in [0, 0.05) is 16.2 Å². The number of aromatic carboxylic acids is 1. The Balaban J connectivity index is 2.10. The van der Waals surface area contributed by atoms with Crippen LogP contribution >= 0.6 is 15.9 Å². The van der Waals surface area contributed by atoms with E-state index in [1.54, 1.807) is 6.07 Å². The topological polar surface area (TPSA) is 49.3 Å². The summed E-state index contributed by atoms with van der Waals surface area (Å²) < 4.78 is 0.787. The highest BCUT2D eigenvalue weighted by atomic mass is 79.9. The molecule has 0 spiro atoms. The zero-order valence-corrected chi connectivity index (χ0v) is 11.3. The van der Waals surface area contributed by atoms with Crippen LogP contribution in [0.5, 0.6) is 0 Å². The van der Waals surface area contributed by atoms with Gasteiger partial charge in [-0.05, 0) is 37.5 Å². The van der Waals surface area contributed by atoms with E-state index in [2.05, 4.69) is 28.2 Å². The molecule has 92 valence electrons. The second-order valence-corrected chi connectivity index (χ2v) is 5.64. The summed E-state index contributed by atoms with van der Waals surface area (Å²) in [7, 11) is 0. The van der Waals surface area contributed by atoms with Gasteiger partial charge in [0.05, 0.1) is 5.56 Å². The van der Waals surface area contributed by atoms with Crippen LogP contribution < -0.4 is 5.32 Å². The van der Waals surface area contributed by atoms with E-state index in [4.69, 9.17) is 5.11 Å². The minimum Gasteiger partial charge on any atom is -0.478 e.